The molecule has 1 atom stereocenters. The number of hydrogen-bond acceptors (Lipinski definition) is 3. The quantitative estimate of drug-likeness (QED) is 0.303. The van der Waals surface area contributed by atoms with Gasteiger partial charge in [0.25, 0.3) is 5.91 Å². The van der Waals surface area contributed by atoms with Gasteiger partial charge in [0.05, 0.1) is 23.1 Å². The molecule has 4 aromatic rings. The maximum absolute atomic E-state index is 12.8. The molecule has 1 fully saturated rings. The van der Waals surface area contributed by atoms with Crippen molar-refractivity contribution < 1.29 is 23.1 Å². The van der Waals surface area contributed by atoms with E-state index in [1.54, 1.807) is 18.6 Å². The summed E-state index contributed by atoms with van der Waals surface area (Å²) in [5, 5.41) is 18.5. The fourth-order valence-electron chi connectivity index (χ4n) is 4.69. The fraction of sp³-hybridized carbons (Fsp3) is 0.308. The average Bonchev–Trinajstić information content (AvgIpc) is 3.51. The van der Waals surface area contributed by atoms with Crippen LogP contribution in [-0.2, 0) is 11.0 Å². The Kier molecular flexibility index (Phi) is 7.46. The van der Waals surface area contributed by atoms with Gasteiger partial charge in [-0.3, -0.25) is 4.79 Å². The number of anilines is 1. The second-order valence-corrected chi connectivity index (χ2v) is 9.01. The highest BCUT2D eigenvalue weighted by atomic mass is 32.1. The molecule has 0 aliphatic heterocycles. The number of benzene rings is 2. The van der Waals surface area contributed by atoms with Crippen molar-refractivity contribution in [3.63, 3.8) is 0 Å². The van der Waals surface area contributed by atoms with E-state index in [4.69, 9.17) is 0 Å². The molecule has 3 N–H and O–H groups in total. The van der Waals surface area contributed by atoms with Gasteiger partial charge in [-0.25, -0.2) is 4.68 Å². The van der Waals surface area contributed by atoms with Gasteiger partial charge in [-0.05, 0) is 60.7 Å². The Morgan fingerprint density at radius 3 is 2.50 bits per heavy atom. The van der Waals surface area contributed by atoms with Gasteiger partial charge in [0.2, 0.25) is 0 Å². The lowest BCUT2D eigenvalue weighted by molar-refractivity contribution is -0.137. The van der Waals surface area contributed by atoms with Crippen LogP contribution in [0.4, 0.5) is 18.9 Å². The third-order valence-corrected chi connectivity index (χ3v) is 6.68. The lowest BCUT2D eigenvalue weighted by atomic mass is 9.85. The van der Waals surface area contributed by atoms with Crippen LogP contribution in [0.5, 0.6) is 0 Å². The Labute approximate surface area is 213 Å². The number of aliphatic hydroxyl groups is 1. The minimum absolute atomic E-state index is 0. The van der Waals surface area contributed by atoms with Crippen LogP contribution in [0.1, 0.15) is 37.7 Å². The monoisotopic (exact) mass is 516 g/mol. The first-order valence-electron chi connectivity index (χ1n) is 11.6. The minimum Gasteiger partial charge on any atom is -0.383 e. The van der Waals surface area contributed by atoms with E-state index in [1.807, 2.05) is 18.2 Å². The maximum atomic E-state index is 12.8. The van der Waals surface area contributed by atoms with E-state index >= 15 is 0 Å². The third-order valence-electron chi connectivity index (χ3n) is 6.68. The van der Waals surface area contributed by atoms with E-state index in [2.05, 4.69) is 15.4 Å². The summed E-state index contributed by atoms with van der Waals surface area (Å²) in [6.45, 7) is 0. The Bertz CT molecular complexity index is 1340. The smallest absolute Gasteiger partial charge is 0.383 e. The van der Waals surface area contributed by atoms with Gasteiger partial charge < -0.3 is 15.4 Å². The summed E-state index contributed by atoms with van der Waals surface area (Å²) < 4.78 is 40.0. The summed E-state index contributed by atoms with van der Waals surface area (Å²) in [5.41, 5.74) is 2.81. The van der Waals surface area contributed by atoms with E-state index in [0.717, 1.165) is 66.3 Å². The number of halogens is 3. The number of alkyl halides is 3. The highest BCUT2D eigenvalue weighted by Gasteiger charge is 2.30. The standard InChI is InChI=1S/C26H25F3N4O2.H2S/c27-26(28,29)19-7-9-20(10-8-19)33-15-18(13-31-33)17-6-11-22-21(12-17)23(14-30-22)32-25(35)24(34)16-4-2-1-3-5-16;/h6-16,24,30,34H,1-5H2,(H,32,35);1H2/t24-;/m0./s1. The number of H-pyrrole nitrogens is 1. The molecular weight excluding hydrogens is 489 g/mol. The van der Waals surface area contributed by atoms with Gasteiger partial charge in [0.15, 0.2) is 0 Å². The summed E-state index contributed by atoms with van der Waals surface area (Å²) in [6.07, 6.45) is 4.57. The highest BCUT2D eigenvalue weighted by molar-refractivity contribution is 7.59. The van der Waals surface area contributed by atoms with Gasteiger partial charge in [0.1, 0.15) is 6.10 Å². The van der Waals surface area contributed by atoms with E-state index in [-0.39, 0.29) is 19.4 Å². The van der Waals surface area contributed by atoms with Crippen LogP contribution in [0.25, 0.3) is 27.7 Å². The predicted octanol–water partition coefficient (Wildman–Crippen LogP) is 6.03. The summed E-state index contributed by atoms with van der Waals surface area (Å²) in [5.74, 6) is -0.418. The molecular formula is C26H27F3N4O2S. The molecule has 190 valence electrons. The van der Waals surface area contributed by atoms with Crippen LogP contribution in [0.2, 0.25) is 0 Å². The second kappa shape index (κ2) is 10.4. The first-order valence-corrected chi connectivity index (χ1v) is 11.6. The second-order valence-electron chi connectivity index (χ2n) is 9.01. The zero-order valence-corrected chi connectivity index (χ0v) is 20.3. The van der Waals surface area contributed by atoms with Crippen molar-refractivity contribution in [3.8, 4) is 16.8 Å². The molecule has 0 bridgehead atoms. The van der Waals surface area contributed by atoms with Gasteiger partial charge in [-0.1, -0.05) is 25.3 Å². The average molecular weight is 517 g/mol. The van der Waals surface area contributed by atoms with E-state index < -0.39 is 23.8 Å². The van der Waals surface area contributed by atoms with Crippen LogP contribution in [0.15, 0.2) is 61.1 Å². The molecule has 1 amide bonds. The SMILES string of the molecule is O=C(Nc1c[nH]c2ccc(-c3cnn(-c4ccc(C(F)(F)F)cc4)c3)cc12)[C@@H](O)C1CCCCC1.S. The predicted molar refractivity (Wildman–Crippen MR) is 137 cm³/mol. The number of aromatic nitrogens is 3. The van der Waals surface area contributed by atoms with Crippen molar-refractivity contribution in [2.24, 2.45) is 5.92 Å². The molecule has 2 heterocycles. The molecule has 0 radical (unpaired) electrons. The van der Waals surface area contributed by atoms with Crippen molar-refractivity contribution >= 4 is 36.0 Å². The Balaban J connectivity index is 0.00000304. The molecule has 0 unspecified atom stereocenters. The first-order chi connectivity index (χ1) is 16.8. The van der Waals surface area contributed by atoms with Crippen molar-refractivity contribution in [3.05, 3.63) is 66.6 Å². The number of rotatable bonds is 5. The lowest BCUT2D eigenvalue weighted by Crippen LogP contribution is -2.35. The van der Waals surface area contributed by atoms with E-state index in [9.17, 15) is 23.1 Å². The highest BCUT2D eigenvalue weighted by Crippen LogP contribution is 2.32. The summed E-state index contributed by atoms with van der Waals surface area (Å²) in [6, 6.07) is 10.5. The zero-order valence-electron chi connectivity index (χ0n) is 19.3. The topological polar surface area (TPSA) is 82.9 Å². The van der Waals surface area contributed by atoms with Crippen molar-refractivity contribution in [1.82, 2.24) is 14.8 Å². The van der Waals surface area contributed by atoms with Crippen LogP contribution < -0.4 is 5.32 Å². The number of fused-ring (bicyclic) bond motifs is 1. The number of hydrogen-bond donors (Lipinski definition) is 3. The molecule has 10 heteroatoms. The molecule has 1 aliphatic carbocycles. The largest absolute Gasteiger partial charge is 0.416 e. The Morgan fingerprint density at radius 2 is 1.81 bits per heavy atom. The molecule has 1 aliphatic rings. The number of aromatic amines is 1. The van der Waals surface area contributed by atoms with Crippen molar-refractivity contribution in [1.29, 1.82) is 0 Å². The van der Waals surface area contributed by atoms with Gasteiger partial charge >= 0.3 is 6.18 Å². The Morgan fingerprint density at radius 1 is 1.08 bits per heavy atom. The number of nitrogens with one attached hydrogen (secondary N) is 2. The summed E-state index contributed by atoms with van der Waals surface area (Å²) >= 11 is 0. The molecule has 0 spiro atoms. The van der Waals surface area contributed by atoms with Crippen molar-refractivity contribution in [2.75, 3.05) is 5.32 Å². The van der Waals surface area contributed by atoms with Gasteiger partial charge in [-0.2, -0.15) is 31.8 Å². The molecule has 1 saturated carbocycles. The molecule has 2 aromatic heterocycles. The number of carbonyl (C=O) groups excluding carboxylic acids is 1. The Hall–Kier alpha value is -3.24. The molecule has 5 rings (SSSR count). The molecule has 36 heavy (non-hydrogen) atoms. The molecule has 6 nitrogen and oxygen atoms in total. The van der Waals surface area contributed by atoms with E-state index in [1.165, 1.54) is 16.8 Å². The molecule has 0 saturated heterocycles. The van der Waals surface area contributed by atoms with Crippen LogP contribution >= 0.6 is 13.5 Å². The normalized spacial score (nSPS) is 15.4. The van der Waals surface area contributed by atoms with Gasteiger partial charge in [0, 0.05) is 28.9 Å². The number of amides is 1. The molecule has 2 aromatic carbocycles. The zero-order chi connectivity index (χ0) is 24.6. The van der Waals surface area contributed by atoms with Crippen LogP contribution in [0, 0.1) is 5.92 Å². The first kappa shape index (κ1) is 25.8. The number of carbonyl (C=O) groups is 1. The maximum Gasteiger partial charge on any atom is 0.416 e. The van der Waals surface area contributed by atoms with Gasteiger partial charge in [-0.15, -0.1) is 0 Å². The fourth-order valence-corrected chi connectivity index (χ4v) is 4.69. The van der Waals surface area contributed by atoms with E-state index in [0.29, 0.717) is 11.4 Å². The van der Waals surface area contributed by atoms with Crippen LogP contribution in [-0.4, -0.2) is 31.9 Å². The lowest BCUT2D eigenvalue weighted by Gasteiger charge is -2.25. The summed E-state index contributed by atoms with van der Waals surface area (Å²) in [4.78, 5) is 15.8. The summed E-state index contributed by atoms with van der Waals surface area (Å²) in [7, 11) is 0. The minimum atomic E-state index is -4.39. The number of aliphatic hydroxyl groups excluding tert-OH is 1. The van der Waals surface area contributed by atoms with Crippen molar-refractivity contribution in [2.45, 2.75) is 44.4 Å². The third kappa shape index (κ3) is 5.29. The van der Waals surface area contributed by atoms with Crippen LogP contribution in [0.3, 0.4) is 0 Å². The number of nitrogens with zero attached hydrogens (tertiary/aromatic N) is 2.